The Bertz CT molecular complexity index is 1070. The second-order valence-corrected chi connectivity index (χ2v) is 6.61. The molecule has 0 bridgehead atoms. The standard InChI is InChI=1S/C19H15FN4OS/c1-25-15-9-6-13(7-10-15)8-11-18-23-24-17(21-22-19(24)26-18)12-14-4-2-3-5-16(14)20/h2-11H,12H2,1H3/b11-8+. The third-order valence-corrected chi connectivity index (χ3v) is 4.78. The van der Waals surface area contributed by atoms with Crippen LogP contribution in [0.4, 0.5) is 4.39 Å². The maximum absolute atomic E-state index is 13.9. The lowest BCUT2D eigenvalue weighted by atomic mass is 10.1. The minimum atomic E-state index is -0.251. The third-order valence-electron chi connectivity index (χ3n) is 3.91. The van der Waals surface area contributed by atoms with Gasteiger partial charge < -0.3 is 4.74 Å². The summed E-state index contributed by atoms with van der Waals surface area (Å²) in [5, 5.41) is 13.6. The van der Waals surface area contributed by atoms with Crippen LogP contribution < -0.4 is 4.74 Å². The number of hydrogen-bond acceptors (Lipinski definition) is 5. The molecule has 26 heavy (non-hydrogen) atoms. The zero-order valence-corrected chi connectivity index (χ0v) is 14.8. The van der Waals surface area contributed by atoms with E-state index < -0.39 is 0 Å². The first-order chi connectivity index (χ1) is 12.7. The Morgan fingerprint density at radius 2 is 1.88 bits per heavy atom. The van der Waals surface area contributed by atoms with Crippen molar-refractivity contribution < 1.29 is 9.13 Å². The van der Waals surface area contributed by atoms with Crippen LogP contribution >= 0.6 is 11.3 Å². The summed E-state index contributed by atoms with van der Waals surface area (Å²) in [5.74, 6) is 1.18. The van der Waals surface area contributed by atoms with E-state index in [4.69, 9.17) is 4.74 Å². The molecule has 0 aliphatic rings. The average molecular weight is 366 g/mol. The zero-order valence-electron chi connectivity index (χ0n) is 14.0. The molecule has 2 heterocycles. The molecule has 5 nitrogen and oxygen atoms in total. The first-order valence-electron chi connectivity index (χ1n) is 7.99. The molecule has 0 spiro atoms. The normalized spacial score (nSPS) is 11.5. The van der Waals surface area contributed by atoms with E-state index in [1.165, 1.54) is 17.4 Å². The van der Waals surface area contributed by atoms with Gasteiger partial charge in [0.25, 0.3) is 0 Å². The molecule has 0 amide bonds. The van der Waals surface area contributed by atoms with Crippen molar-refractivity contribution in [1.82, 2.24) is 19.8 Å². The maximum atomic E-state index is 13.9. The minimum absolute atomic E-state index is 0.251. The Hall–Kier alpha value is -3.06. The van der Waals surface area contributed by atoms with Gasteiger partial charge in [-0.3, -0.25) is 0 Å². The summed E-state index contributed by atoms with van der Waals surface area (Å²) in [5.41, 5.74) is 1.62. The molecule has 0 radical (unpaired) electrons. The molecule has 0 saturated carbocycles. The van der Waals surface area contributed by atoms with Gasteiger partial charge in [-0.2, -0.15) is 9.61 Å². The lowest BCUT2D eigenvalue weighted by molar-refractivity contribution is 0.415. The van der Waals surface area contributed by atoms with E-state index in [0.29, 0.717) is 22.8 Å². The van der Waals surface area contributed by atoms with E-state index in [-0.39, 0.29) is 5.82 Å². The highest BCUT2D eigenvalue weighted by Crippen LogP contribution is 2.20. The van der Waals surface area contributed by atoms with Crippen molar-refractivity contribution in [1.29, 1.82) is 0 Å². The molecule has 0 unspecified atom stereocenters. The fourth-order valence-electron chi connectivity index (χ4n) is 2.54. The van der Waals surface area contributed by atoms with Gasteiger partial charge in [-0.1, -0.05) is 47.7 Å². The van der Waals surface area contributed by atoms with Crippen molar-refractivity contribution in [2.24, 2.45) is 0 Å². The summed E-state index contributed by atoms with van der Waals surface area (Å²) in [6.45, 7) is 0. The molecule has 0 aliphatic heterocycles. The van der Waals surface area contributed by atoms with Crippen LogP contribution in [-0.4, -0.2) is 26.9 Å². The molecule has 0 N–H and O–H groups in total. The van der Waals surface area contributed by atoms with Crippen molar-refractivity contribution in [2.45, 2.75) is 6.42 Å². The van der Waals surface area contributed by atoms with Crippen LogP contribution in [0.3, 0.4) is 0 Å². The number of hydrogen-bond donors (Lipinski definition) is 0. The van der Waals surface area contributed by atoms with Gasteiger partial charge in [-0.25, -0.2) is 4.39 Å². The molecule has 4 aromatic rings. The van der Waals surface area contributed by atoms with Gasteiger partial charge in [-0.15, -0.1) is 10.2 Å². The van der Waals surface area contributed by atoms with Gasteiger partial charge in [0.1, 0.15) is 16.6 Å². The third kappa shape index (κ3) is 3.34. The van der Waals surface area contributed by atoms with Crippen molar-refractivity contribution >= 4 is 28.4 Å². The molecule has 7 heteroatoms. The molecule has 0 saturated heterocycles. The van der Waals surface area contributed by atoms with Gasteiger partial charge in [0.05, 0.1) is 7.11 Å². The summed E-state index contributed by atoms with van der Waals surface area (Å²) < 4.78 is 20.7. The van der Waals surface area contributed by atoms with Gasteiger partial charge >= 0.3 is 0 Å². The van der Waals surface area contributed by atoms with E-state index in [0.717, 1.165) is 16.3 Å². The number of methoxy groups -OCH3 is 1. The Morgan fingerprint density at radius 1 is 1.08 bits per heavy atom. The fraction of sp³-hybridized carbons (Fsp3) is 0.105. The SMILES string of the molecule is COc1ccc(/C=C/c2nn3c(Cc4ccccc4F)nnc3s2)cc1. The number of aromatic nitrogens is 4. The van der Waals surface area contributed by atoms with Gasteiger partial charge in [0.2, 0.25) is 4.96 Å². The number of nitrogens with zero attached hydrogens (tertiary/aromatic N) is 4. The van der Waals surface area contributed by atoms with E-state index >= 15 is 0 Å². The Balaban J connectivity index is 1.57. The maximum Gasteiger partial charge on any atom is 0.234 e. The van der Waals surface area contributed by atoms with E-state index in [2.05, 4.69) is 15.3 Å². The first-order valence-corrected chi connectivity index (χ1v) is 8.81. The molecule has 2 aromatic carbocycles. The van der Waals surface area contributed by atoms with Crippen LogP contribution in [0, 0.1) is 5.82 Å². The number of halogens is 1. The topological polar surface area (TPSA) is 52.3 Å². The van der Waals surface area contributed by atoms with Crippen LogP contribution in [0.1, 0.15) is 22.0 Å². The summed E-state index contributed by atoms with van der Waals surface area (Å²) in [7, 11) is 1.64. The van der Waals surface area contributed by atoms with Crippen molar-refractivity contribution in [3.05, 3.63) is 76.3 Å². The fourth-order valence-corrected chi connectivity index (χ4v) is 3.30. The summed E-state index contributed by atoms with van der Waals surface area (Å²) in [6, 6.07) is 14.4. The lowest BCUT2D eigenvalue weighted by Crippen LogP contribution is -1.99. The van der Waals surface area contributed by atoms with E-state index in [1.54, 1.807) is 29.8 Å². The van der Waals surface area contributed by atoms with Crippen molar-refractivity contribution in [3.63, 3.8) is 0 Å². The summed E-state index contributed by atoms with van der Waals surface area (Å²) >= 11 is 1.43. The summed E-state index contributed by atoms with van der Waals surface area (Å²) in [6.07, 6.45) is 4.24. The predicted molar refractivity (Wildman–Crippen MR) is 99.8 cm³/mol. The number of ether oxygens (including phenoxy) is 1. The molecule has 130 valence electrons. The van der Waals surface area contributed by atoms with Crippen LogP contribution in [0.25, 0.3) is 17.1 Å². The van der Waals surface area contributed by atoms with Crippen LogP contribution in [-0.2, 0) is 6.42 Å². The Morgan fingerprint density at radius 3 is 2.65 bits per heavy atom. The largest absolute Gasteiger partial charge is 0.497 e. The Kier molecular flexibility index (Phi) is 4.45. The monoisotopic (exact) mass is 366 g/mol. The van der Waals surface area contributed by atoms with Crippen LogP contribution in [0.2, 0.25) is 0 Å². The summed E-state index contributed by atoms with van der Waals surface area (Å²) in [4.78, 5) is 0.686. The van der Waals surface area contributed by atoms with E-state index in [1.807, 2.05) is 36.4 Å². The minimum Gasteiger partial charge on any atom is -0.497 e. The van der Waals surface area contributed by atoms with Crippen LogP contribution in [0.5, 0.6) is 5.75 Å². The zero-order chi connectivity index (χ0) is 17.9. The molecular formula is C19H15FN4OS. The molecule has 0 atom stereocenters. The highest BCUT2D eigenvalue weighted by molar-refractivity contribution is 7.17. The van der Waals surface area contributed by atoms with Gasteiger partial charge in [0.15, 0.2) is 5.82 Å². The average Bonchev–Trinajstić information content (AvgIpc) is 3.23. The second-order valence-electron chi connectivity index (χ2n) is 5.63. The van der Waals surface area contributed by atoms with Gasteiger partial charge in [-0.05, 0) is 35.4 Å². The van der Waals surface area contributed by atoms with Crippen LogP contribution in [0.15, 0.2) is 48.5 Å². The second kappa shape index (κ2) is 7.05. The highest BCUT2D eigenvalue weighted by Gasteiger charge is 2.12. The van der Waals surface area contributed by atoms with Crippen molar-refractivity contribution in [3.8, 4) is 5.75 Å². The van der Waals surface area contributed by atoms with Gasteiger partial charge in [0, 0.05) is 6.42 Å². The molecular weight excluding hydrogens is 351 g/mol. The van der Waals surface area contributed by atoms with Crippen molar-refractivity contribution in [2.75, 3.05) is 7.11 Å². The quantitative estimate of drug-likeness (QED) is 0.534. The highest BCUT2D eigenvalue weighted by atomic mass is 32.1. The molecule has 0 aliphatic carbocycles. The lowest BCUT2D eigenvalue weighted by Gasteiger charge is -1.99. The first kappa shape index (κ1) is 16.4. The Labute approximate surface area is 153 Å². The smallest absolute Gasteiger partial charge is 0.234 e. The van der Waals surface area contributed by atoms with E-state index in [9.17, 15) is 4.39 Å². The molecule has 2 aromatic heterocycles. The number of rotatable bonds is 5. The number of benzene rings is 2. The number of fused-ring (bicyclic) bond motifs is 1. The molecule has 0 fully saturated rings. The predicted octanol–water partition coefficient (Wildman–Crippen LogP) is 4.09. The molecule has 4 rings (SSSR count).